The van der Waals surface area contributed by atoms with Crippen LogP contribution in [0.3, 0.4) is 0 Å². The summed E-state index contributed by atoms with van der Waals surface area (Å²) in [6.07, 6.45) is 1.56. The highest BCUT2D eigenvalue weighted by Crippen LogP contribution is 2.12. The first-order valence-electron chi connectivity index (χ1n) is 3.82. The molecule has 0 saturated carbocycles. The van der Waals surface area contributed by atoms with Crippen LogP contribution < -0.4 is 10.5 Å². The van der Waals surface area contributed by atoms with Gasteiger partial charge < -0.3 is 15.6 Å². The lowest BCUT2D eigenvalue weighted by Gasteiger charge is -2.07. The zero-order chi connectivity index (χ0) is 10.6. The summed E-state index contributed by atoms with van der Waals surface area (Å²) in [5, 5.41) is 8.47. The molecule has 0 spiro atoms. The van der Waals surface area contributed by atoms with Gasteiger partial charge >= 0.3 is 5.97 Å². The first kappa shape index (κ1) is 10.9. The van der Waals surface area contributed by atoms with Gasteiger partial charge in [0, 0.05) is 16.7 Å². The SMILES string of the molecule is NC(COc1ccc(Br)cn1)C(=O)O. The van der Waals surface area contributed by atoms with Gasteiger partial charge in [0.25, 0.3) is 0 Å². The van der Waals surface area contributed by atoms with Crippen LogP contribution in [0.2, 0.25) is 0 Å². The zero-order valence-electron chi connectivity index (χ0n) is 7.18. The smallest absolute Gasteiger partial charge is 0.324 e. The summed E-state index contributed by atoms with van der Waals surface area (Å²) < 4.78 is 5.87. The highest BCUT2D eigenvalue weighted by atomic mass is 79.9. The number of ether oxygens (including phenoxy) is 1. The normalized spacial score (nSPS) is 12.1. The van der Waals surface area contributed by atoms with Crippen LogP contribution in [-0.4, -0.2) is 28.7 Å². The van der Waals surface area contributed by atoms with Crippen molar-refractivity contribution in [1.29, 1.82) is 0 Å². The van der Waals surface area contributed by atoms with E-state index in [0.717, 1.165) is 4.47 Å². The van der Waals surface area contributed by atoms with Crippen LogP contribution in [-0.2, 0) is 4.79 Å². The number of nitrogens with zero attached hydrogens (tertiary/aromatic N) is 1. The number of rotatable bonds is 4. The molecule has 0 amide bonds. The number of hydrogen-bond donors (Lipinski definition) is 2. The summed E-state index contributed by atoms with van der Waals surface area (Å²) in [5.41, 5.74) is 5.23. The van der Waals surface area contributed by atoms with Crippen LogP contribution in [0.25, 0.3) is 0 Å². The molecule has 0 aromatic carbocycles. The molecule has 14 heavy (non-hydrogen) atoms. The largest absolute Gasteiger partial charge is 0.480 e. The van der Waals surface area contributed by atoms with Gasteiger partial charge in [0.05, 0.1) is 0 Å². The van der Waals surface area contributed by atoms with Crippen LogP contribution in [0.15, 0.2) is 22.8 Å². The summed E-state index contributed by atoms with van der Waals surface area (Å²) in [4.78, 5) is 14.2. The summed E-state index contributed by atoms with van der Waals surface area (Å²) >= 11 is 3.21. The molecule has 5 nitrogen and oxygen atoms in total. The van der Waals surface area contributed by atoms with Crippen molar-refractivity contribution in [3.8, 4) is 5.88 Å². The summed E-state index contributed by atoms with van der Waals surface area (Å²) in [6, 6.07) is 2.34. The number of aliphatic carboxylic acids is 1. The molecule has 0 fully saturated rings. The van der Waals surface area contributed by atoms with E-state index in [1.165, 1.54) is 0 Å². The maximum atomic E-state index is 10.3. The van der Waals surface area contributed by atoms with Crippen LogP contribution >= 0.6 is 15.9 Å². The Morgan fingerprint density at radius 2 is 2.43 bits per heavy atom. The number of aromatic nitrogens is 1. The first-order chi connectivity index (χ1) is 6.59. The number of carboxylic acid groups (broad SMARTS) is 1. The lowest BCUT2D eigenvalue weighted by Crippen LogP contribution is -2.36. The van der Waals surface area contributed by atoms with E-state index in [1.54, 1.807) is 18.3 Å². The lowest BCUT2D eigenvalue weighted by molar-refractivity contribution is -0.139. The predicted octanol–water partition coefficient (Wildman–Crippen LogP) is 0.635. The number of halogens is 1. The third-order valence-electron chi connectivity index (χ3n) is 1.43. The predicted molar refractivity (Wildman–Crippen MR) is 53.0 cm³/mol. The van der Waals surface area contributed by atoms with Gasteiger partial charge in [-0.15, -0.1) is 0 Å². The topological polar surface area (TPSA) is 85.4 Å². The van der Waals surface area contributed by atoms with Gasteiger partial charge in [-0.3, -0.25) is 4.79 Å². The van der Waals surface area contributed by atoms with Gasteiger partial charge in [0.1, 0.15) is 12.6 Å². The monoisotopic (exact) mass is 260 g/mol. The van der Waals surface area contributed by atoms with Gasteiger partial charge in [0.15, 0.2) is 0 Å². The maximum absolute atomic E-state index is 10.3. The number of nitrogens with two attached hydrogens (primary N) is 1. The van der Waals surface area contributed by atoms with Crippen molar-refractivity contribution in [3.05, 3.63) is 22.8 Å². The van der Waals surface area contributed by atoms with Crippen LogP contribution in [0, 0.1) is 0 Å². The number of carbonyl (C=O) groups is 1. The van der Waals surface area contributed by atoms with E-state index < -0.39 is 12.0 Å². The number of pyridine rings is 1. The molecule has 1 atom stereocenters. The Morgan fingerprint density at radius 1 is 1.71 bits per heavy atom. The molecule has 1 rings (SSSR count). The van der Waals surface area contributed by atoms with Crippen molar-refractivity contribution in [3.63, 3.8) is 0 Å². The minimum Gasteiger partial charge on any atom is -0.480 e. The first-order valence-corrected chi connectivity index (χ1v) is 4.61. The molecule has 1 unspecified atom stereocenters. The highest BCUT2D eigenvalue weighted by Gasteiger charge is 2.11. The summed E-state index contributed by atoms with van der Waals surface area (Å²) in [5.74, 6) is -0.744. The molecule has 0 aliphatic carbocycles. The van der Waals surface area contributed by atoms with E-state index in [4.69, 9.17) is 15.6 Å². The van der Waals surface area contributed by atoms with E-state index in [9.17, 15) is 4.79 Å². The Hall–Kier alpha value is -1.14. The van der Waals surface area contributed by atoms with Crippen molar-refractivity contribution in [1.82, 2.24) is 4.98 Å². The Balaban J connectivity index is 2.46. The van der Waals surface area contributed by atoms with Gasteiger partial charge in [-0.25, -0.2) is 4.98 Å². The van der Waals surface area contributed by atoms with E-state index in [0.29, 0.717) is 5.88 Å². The van der Waals surface area contributed by atoms with Crippen molar-refractivity contribution >= 4 is 21.9 Å². The molecule has 1 aromatic rings. The maximum Gasteiger partial charge on any atom is 0.324 e. The standard InChI is InChI=1S/C8H9BrN2O3/c9-5-1-2-7(11-3-5)14-4-6(10)8(12)13/h1-3,6H,4,10H2,(H,12,13). The second-order valence-corrected chi connectivity index (χ2v) is 3.49. The molecule has 3 N–H and O–H groups in total. The Bertz CT molecular complexity index is 315. The molecular formula is C8H9BrN2O3. The molecular weight excluding hydrogens is 252 g/mol. The van der Waals surface area contributed by atoms with Crippen molar-refractivity contribution in [2.75, 3.05) is 6.61 Å². The van der Waals surface area contributed by atoms with E-state index in [2.05, 4.69) is 20.9 Å². The summed E-state index contributed by atoms with van der Waals surface area (Å²) in [6.45, 7) is -0.0933. The molecule has 6 heteroatoms. The fourth-order valence-electron chi connectivity index (χ4n) is 0.694. The molecule has 1 heterocycles. The van der Waals surface area contributed by atoms with Gasteiger partial charge in [-0.2, -0.15) is 0 Å². The fourth-order valence-corrected chi connectivity index (χ4v) is 0.929. The molecule has 0 saturated heterocycles. The van der Waals surface area contributed by atoms with E-state index in [1.807, 2.05) is 0 Å². The van der Waals surface area contributed by atoms with Crippen LogP contribution in [0.4, 0.5) is 0 Å². The van der Waals surface area contributed by atoms with Gasteiger partial charge in [-0.1, -0.05) is 0 Å². The average Bonchev–Trinajstić information content (AvgIpc) is 2.16. The molecule has 0 aliphatic rings. The Labute approximate surface area is 89.0 Å². The van der Waals surface area contributed by atoms with Gasteiger partial charge in [0.2, 0.25) is 5.88 Å². The minimum atomic E-state index is -1.10. The average molecular weight is 261 g/mol. The lowest BCUT2D eigenvalue weighted by atomic mass is 10.3. The Morgan fingerprint density at radius 3 is 2.93 bits per heavy atom. The van der Waals surface area contributed by atoms with Crippen LogP contribution in [0.5, 0.6) is 5.88 Å². The highest BCUT2D eigenvalue weighted by molar-refractivity contribution is 9.10. The third kappa shape index (κ3) is 3.31. The molecule has 0 radical (unpaired) electrons. The quantitative estimate of drug-likeness (QED) is 0.830. The number of carboxylic acids is 1. The second kappa shape index (κ2) is 4.92. The zero-order valence-corrected chi connectivity index (χ0v) is 8.77. The molecule has 76 valence electrons. The molecule has 0 aliphatic heterocycles. The van der Waals surface area contributed by atoms with Crippen LogP contribution in [0.1, 0.15) is 0 Å². The molecule has 0 bridgehead atoms. The minimum absolute atomic E-state index is 0.0933. The van der Waals surface area contributed by atoms with Crippen molar-refractivity contribution < 1.29 is 14.6 Å². The van der Waals surface area contributed by atoms with E-state index >= 15 is 0 Å². The number of hydrogen-bond acceptors (Lipinski definition) is 4. The van der Waals surface area contributed by atoms with Crippen molar-refractivity contribution in [2.24, 2.45) is 5.73 Å². The Kier molecular flexibility index (Phi) is 3.84. The summed E-state index contributed by atoms with van der Waals surface area (Å²) in [7, 11) is 0. The fraction of sp³-hybridized carbons (Fsp3) is 0.250. The molecule has 1 aromatic heterocycles. The van der Waals surface area contributed by atoms with Crippen molar-refractivity contribution in [2.45, 2.75) is 6.04 Å². The second-order valence-electron chi connectivity index (χ2n) is 2.57. The third-order valence-corrected chi connectivity index (χ3v) is 1.90. The van der Waals surface area contributed by atoms with Gasteiger partial charge in [-0.05, 0) is 22.0 Å². The van der Waals surface area contributed by atoms with E-state index in [-0.39, 0.29) is 6.61 Å².